The van der Waals surface area contributed by atoms with Crippen molar-refractivity contribution in [3.05, 3.63) is 0 Å². The molecule has 1 amide bonds. The van der Waals surface area contributed by atoms with Gasteiger partial charge in [0.2, 0.25) is 5.91 Å². The van der Waals surface area contributed by atoms with Crippen molar-refractivity contribution < 1.29 is 19.5 Å². The van der Waals surface area contributed by atoms with E-state index in [0.29, 0.717) is 6.42 Å². The van der Waals surface area contributed by atoms with Crippen molar-refractivity contribution in [1.82, 2.24) is 5.32 Å². The highest BCUT2D eigenvalue weighted by Crippen LogP contribution is 2.13. The minimum Gasteiger partial charge on any atom is -0.481 e. The third-order valence-electron chi connectivity index (χ3n) is 4.98. The Morgan fingerprint density at radius 2 is 1.19 bits per heavy atom. The molecular weight excluding hydrogens is 342 g/mol. The molecule has 2 N–H and O–H groups in total. The molecule has 0 rings (SSSR count). The minimum atomic E-state index is -0.952. The Kier molecular flexibility index (Phi) is 17.1. The molecule has 0 bridgehead atoms. The van der Waals surface area contributed by atoms with Gasteiger partial charge in [0, 0.05) is 12.8 Å². The lowest BCUT2D eigenvalue weighted by Crippen LogP contribution is -2.40. The first-order valence-corrected chi connectivity index (χ1v) is 11.0. The molecule has 1 unspecified atom stereocenters. The lowest BCUT2D eigenvalue weighted by atomic mass is 10.0. The maximum atomic E-state index is 11.9. The van der Waals surface area contributed by atoms with Crippen molar-refractivity contribution in [1.29, 1.82) is 0 Å². The van der Waals surface area contributed by atoms with Crippen molar-refractivity contribution in [2.45, 2.75) is 123 Å². The second-order valence-corrected chi connectivity index (χ2v) is 7.66. The van der Waals surface area contributed by atoms with Crippen LogP contribution in [0.4, 0.5) is 0 Å². The van der Waals surface area contributed by atoms with Gasteiger partial charge in [-0.3, -0.25) is 14.4 Å². The molecule has 0 aliphatic heterocycles. The summed E-state index contributed by atoms with van der Waals surface area (Å²) >= 11 is 0. The van der Waals surface area contributed by atoms with Crippen LogP contribution in [0.3, 0.4) is 0 Å². The van der Waals surface area contributed by atoms with Crippen LogP contribution in [0.15, 0.2) is 0 Å². The van der Waals surface area contributed by atoms with Crippen molar-refractivity contribution in [2.75, 3.05) is 0 Å². The van der Waals surface area contributed by atoms with Crippen LogP contribution in [0.1, 0.15) is 117 Å². The van der Waals surface area contributed by atoms with Gasteiger partial charge in [0.05, 0.1) is 6.04 Å². The number of unbranched alkanes of at least 4 members (excludes halogenated alkanes) is 12. The highest BCUT2D eigenvalue weighted by Gasteiger charge is 2.17. The third kappa shape index (κ3) is 17.8. The van der Waals surface area contributed by atoms with Gasteiger partial charge in [-0.15, -0.1) is 0 Å². The van der Waals surface area contributed by atoms with Crippen molar-refractivity contribution in [3.63, 3.8) is 0 Å². The second-order valence-electron chi connectivity index (χ2n) is 7.66. The summed E-state index contributed by atoms with van der Waals surface area (Å²) in [5.74, 6) is -1.29. The largest absolute Gasteiger partial charge is 0.481 e. The lowest BCUT2D eigenvalue weighted by Gasteiger charge is -2.14. The van der Waals surface area contributed by atoms with E-state index in [1.54, 1.807) is 0 Å². The average Bonchev–Trinajstić information content (AvgIpc) is 2.62. The van der Waals surface area contributed by atoms with Gasteiger partial charge in [-0.2, -0.15) is 0 Å². The molecule has 158 valence electrons. The fraction of sp³-hybridized carbons (Fsp3) is 0.864. The number of Topliss-reactive ketones (excluding diaryl/α,β-unsaturated/α-hetero) is 1. The molecule has 0 saturated carbocycles. The van der Waals surface area contributed by atoms with E-state index in [4.69, 9.17) is 5.11 Å². The third-order valence-corrected chi connectivity index (χ3v) is 4.98. The quantitative estimate of drug-likeness (QED) is 0.292. The number of nitrogens with one attached hydrogen (secondary N) is 1. The number of rotatable bonds is 19. The average molecular weight is 384 g/mol. The Hall–Kier alpha value is -1.39. The maximum Gasteiger partial charge on any atom is 0.303 e. The predicted molar refractivity (Wildman–Crippen MR) is 110 cm³/mol. The number of aliphatic carboxylic acids is 1. The first-order chi connectivity index (χ1) is 13.0. The van der Waals surface area contributed by atoms with Crippen molar-refractivity contribution in [2.24, 2.45) is 0 Å². The smallest absolute Gasteiger partial charge is 0.303 e. The van der Waals surface area contributed by atoms with E-state index in [9.17, 15) is 14.4 Å². The fourth-order valence-corrected chi connectivity index (χ4v) is 3.21. The van der Waals surface area contributed by atoms with Gasteiger partial charge in [0.1, 0.15) is 0 Å². The van der Waals surface area contributed by atoms with Crippen LogP contribution in [0, 0.1) is 0 Å². The maximum absolute atomic E-state index is 11.9. The van der Waals surface area contributed by atoms with Gasteiger partial charge in [0.15, 0.2) is 5.78 Å². The minimum absolute atomic E-state index is 0.108. The van der Waals surface area contributed by atoms with E-state index in [1.165, 1.54) is 71.1 Å². The van der Waals surface area contributed by atoms with Crippen LogP contribution in [0.5, 0.6) is 0 Å². The Morgan fingerprint density at radius 3 is 1.59 bits per heavy atom. The molecule has 0 radical (unpaired) electrons. The van der Waals surface area contributed by atoms with Gasteiger partial charge in [-0.1, -0.05) is 84.0 Å². The van der Waals surface area contributed by atoms with Crippen LogP contribution < -0.4 is 5.32 Å². The number of hydrogen-bond donors (Lipinski definition) is 2. The number of ketones is 1. The molecular formula is C22H41NO4. The molecule has 0 heterocycles. The zero-order chi connectivity index (χ0) is 20.3. The molecule has 0 aromatic rings. The van der Waals surface area contributed by atoms with E-state index in [-0.39, 0.29) is 24.5 Å². The Labute approximate surface area is 165 Å². The number of carboxylic acid groups (broad SMARTS) is 1. The summed E-state index contributed by atoms with van der Waals surface area (Å²) in [7, 11) is 0. The summed E-state index contributed by atoms with van der Waals surface area (Å²) in [5, 5.41) is 11.4. The van der Waals surface area contributed by atoms with Crippen LogP contribution >= 0.6 is 0 Å². The normalized spacial score (nSPS) is 11.9. The van der Waals surface area contributed by atoms with Crippen LogP contribution in [0.25, 0.3) is 0 Å². The number of hydrogen-bond acceptors (Lipinski definition) is 3. The van der Waals surface area contributed by atoms with E-state index in [2.05, 4.69) is 12.2 Å². The second kappa shape index (κ2) is 18.0. The summed E-state index contributed by atoms with van der Waals surface area (Å²) in [5.41, 5.74) is 0. The molecule has 0 fully saturated rings. The molecule has 27 heavy (non-hydrogen) atoms. The zero-order valence-electron chi connectivity index (χ0n) is 17.6. The number of amides is 1. The first kappa shape index (κ1) is 25.6. The Morgan fingerprint density at radius 1 is 0.741 bits per heavy atom. The summed E-state index contributed by atoms with van der Waals surface area (Å²) in [6.45, 7) is 3.63. The standard InChI is InChI=1S/C22H41NO4/c1-3-4-5-6-7-8-9-10-11-12-13-14-15-16-21(25)23-20(19(2)24)17-18-22(26)27/h20H,3-18H2,1-2H3,(H,23,25)(H,26,27). The van der Waals surface area contributed by atoms with E-state index in [0.717, 1.165) is 19.3 Å². The van der Waals surface area contributed by atoms with Gasteiger partial charge in [-0.05, 0) is 19.8 Å². The zero-order valence-corrected chi connectivity index (χ0v) is 17.6. The molecule has 0 spiro atoms. The molecule has 0 saturated heterocycles. The van der Waals surface area contributed by atoms with Gasteiger partial charge < -0.3 is 10.4 Å². The number of carboxylic acids is 1. The SMILES string of the molecule is CCCCCCCCCCCCCCCC(=O)NC(CCC(=O)O)C(C)=O. The van der Waals surface area contributed by atoms with E-state index < -0.39 is 12.0 Å². The molecule has 0 aromatic heterocycles. The molecule has 0 aromatic carbocycles. The monoisotopic (exact) mass is 383 g/mol. The topological polar surface area (TPSA) is 83.5 Å². The Balaban J connectivity index is 3.51. The van der Waals surface area contributed by atoms with Gasteiger partial charge >= 0.3 is 5.97 Å². The van der Waals surface area contributed by atoms with Crippen LogP contribution in [-0.2, 0) is 14.4 Å². The highest BCUT2D eigenvalue weighted by molar-refractivity contribution is 5.87. The summed E-state index contributed by atoms with van der Waals surface area (Å²) < 4.78 is 0. The van der Waals surface area contributed by atoms with Crippen LogP contribution in [0.2, 0.25) is 0 Å². The number of carbonyl (C=O) groups is 3. The molecule has 0 aliphatic carbocycles. The van der Waals surface area contributed by atoms with Crippen molar-refractivity contribution in [3.8, 4) is 0 Å². The predicted octanol–water partition coefficient (Wildman–Crippen LogP) is 5.41. The summed E-state index contributed by atoms with van der Waals surface area (Å²) in [6.07, 6.45) is 16.8. The van der Waals surface area contributed by atoms with Crippen molar-refractivity contribution >= 4 is 17.7 Å². The Bertz CT molecular complexity index is 409. The van der Waals surface area contributed by atoms with Crippen LogP contribution in [-0.4, -0.2) is 28.8 Å². The molecule has 0 aliphatic rings. The summed E-state index contributed by atoms with van der Waals surface area (Å²) in [4.78, 5) is 34.0. The molecule has 5 heteroatoms. The molecule has 5 nitrogen and oxygen atoms in total. The van der Waals surface area contributed by atoms with E-state index >= 15 is 0 Å². The lowest BCUT2D eigenvalue weighted by molar-refractivity contribution is -0.137. The van der Waals surface area contributed by atoms with Gasteiger partial charge in [-0.25, -0.2) is 0 Å². The summed E-state index contributed by atoms with van der Waals surface area (Å²) in [6, 6.07) is -0.671. The van der Waals surface area contributed by atoms with Gasteiger partial charge in [0.25, 0.3) is 0 Å². The molecule has 1 atom stereocenters. The fourth-order valence-electron chi connectivity index (χ4n) is 3.21. The number of carbonyl (C=O) groups excluding carboxylic acids is 2. The highest BCUT2D eigenvalue weighted by atomic mass is 16.4. The first-order valence-electron chi connectivity index (χ1n) is 11.0. The van der Waals surface area contributed by atoms with E-state index in [1.807, 2.05) is 0 Å².